The van der Waals surface area contributed by atoms with Gasteiger partial charge in [0, 0.05) is 19.0 Å². The van der Waals surface area contributed by atoms with Gasteiger partial charge in [-0.3, -0.25) is 4.79 Å². The second-order valence-electron chi connectivity index (χ2n) is 4.15. The molecule has 0 spiro atoms. The molecule has 5 N–H and O–H groups in total. The van der Waals surface area contributed by atoms with Crippen molar-refractivity contribution in [2.45, 2.75) is 37.8 Å². The molecule has 2 unspecified atom stereocenters. The van der Waals surface area contributed by atoms with Gasteiger partial charge in [0.2, 0.25) is 5.91 Å². The van der Waals surface area contributed by atoms with Crippen molar-refractivity contribution in [3.8, 4) is 0 Å². The molecule has 0 aromatic heterocycles. The first-order valence-electron chi connectivity index (χ1n) is 5.54. The summed E-state index contributed by atoms with van der Waals surface area (Å²) in [6, 6.07) is -0.976. The van der Waals surface area contributed by atoms with Gasteiger partial charge in [0.1, 0.15) is 6.04 Å². The molecule has 0 aliphatic carbocycles. The van der Waals surface area contributed by atoms with Crippen LogP contribution in [0.5, 0.6) is 0 Å². The van der Waals surface area contributed by atoms with E-state index in [1.54, 1.807) is 0 Å². The van der Waals surface area contributed by atoms with Gasteiger partial charge < -0.3 is 21.5 Å². The number of nitrogens with two attached hydrogens (primary N) is 2. The first kappa shape index (κ1) is 12.9. The summed E-state index contributed by atoms with van der Waals surface area (Å²) in [7, 11) is 0. The summed E-state index contributed by atoms with van der Waals surface area (Å²) in [5.74, 6) is -1.12. The van der Waals surface area contributed by atoms with Crippen LogP contribution in [0, 0.1) is 0 Å². The number of rotatable bonds is 6. The third-order valence-electron chi connectivity index (χ3n) is 2.78. The maximum atomic E-state index is 11.5. The first-order valence-corrected chi connectivity index (χ1v) is 5.54. The highest BCUT2D eigenvalue weighted by atomic mass is 16.4. The zero-order valence-electron chi connectivity index (χ0n) is 9.26. The largest absolute Gasteiger partial charge is 0.480 e. The Balaban J connectivity index is 2.56. The van der Waals surface area contributed by atoms with E-state index in [0.717, 1.165) is 6.42 Å². The van der Waals surface area contributed by atoms with Gasteiger partial charge in [-0.2, -0.15) is 0 Å². The van der Waals surface area contributed by atoms with Gasteiger partial charge in [-0.15, -0.1) is 0 Å². The number of carboxylic acid groups (broad SMARTS) is 1. The fourth-order valence-electron chi connectivity index (χ4n) is 1.96. The van der Waals surface area contributed by atoms with E-state index >= 15 is 0 Å². The average Bonchev–Trinajstić information content (AvgIpc) is 2.52. The second kappa shape index (κ2) is 5.81. The minimum Gasteiger partial charge on any atom is -0.480 e. The molecule has 92 valence electrons. The number of hydrogen-bond acceptors (Lipinski definition) is 4. The number of hydrogen-bond donors (Lipinski definition) is 3. The molecule has 6 heteroatoms. The molecule has 6 nitrogen and oxygen atoms in total. The molecule has 1 amide bonds. The third kappa shape index (κ3) is 3.18. The Kier molecular flexibility index (Phi) is 4.70. The van der Waals surface area contributed by atoms with Gasteiger partial charge in [0.05, 0.1) is 0 Å². The Morgan fingerprint density at radius 3 is 2.69 bits per heavy atom. The van der Waals surface area contributed by atoms with E-state index in [9.17, 15) is 9.59 Å². The van der Waals surface area contributed by atoms with Gasteiger partial charge in [0.15, 0.2) is 0 Å². The first-order chi connectivity index (χ1) is 7.56. The van der Waals surface area contributed by atoms with Crippen LogP contribution in [0.3, 0.4) is 0 Å². The zero-order chi connectivity index (χ0) is 12.1. The molecule has 2 atom stereocenters. The van der Waals surface area contributed by atoms with Gasteiger partial charge in [-0.1, -0.05) is 0 Å². The number of carboxylic acids is 1. The lowest BCUT2D eigenvalue weighted by Gasteiger charge is -2.24. The predicted octanol–water partition coefficient (Wildman–Crippen LogP) is -0.872. The van der Waals surface area contributed by atoms with Crippen LogP contribution in [0.2, 0.25) is 0 Å². The molecule has 0 bridgehead atoms. The quantitative estimate of drug-likeness (QED) is 0.513. The van der Waals surface area contributed by atoms with Crippen molar-refractivity contribution in [2.24, 2.45) is 11.5 Å². The van der Waals surface area contributed by atoms with Crippen molar-refractivity contribution >= 4 is 11.9 Å². The van der Waals surface area contributed by atoms with E-state index in [4.69, 9.17) is 16.6 Å². The Labute approximate surface area is 94.6 Å². The topological polar surface area (TPSA) is 110 Å². The Bertz CT molecular complexity index is 270. The van der Waals surface area contributed by atoms with Crippen LogP contribution >= 0.6 is 0 Å². The number of carbonyl (C=O) groups excluding carboxylic acids is 1. The Morgan fingerprint density at radius 2 is 2.25 bits per heavy atom. The molecule has 1 aliphatic heterocycles. The summed E-state index contributed by atoms with van der Waals surface area (Å²) in [5, 5.41) is 9.07. The average molecular weight is 229 g/mol. The summed E-state index contributed by atoms with van der Waals surface area (Å²) in [6.45, 7) is 0.887. The van der Waals surface area contributed by atoms with Crippen molar-refractivity contribution in [1.29, 1.82) is 0 Å². The van der Waals surface area contributed by atoms with Crippen LogP contribution in [0.15, 0.2) is 0 Å². The zero-order valence-corrected chi connectivity index (χ0v) is 9.26. The maximum absolute atomic E-state index is 11.5. The molecule has 1 fully saturated rings. The molecule has 16 heavy (non-hydrogen) atoms. The Morgan fingerprint density at radius 1 is 1.56 bits per heavy atom. The maximum Gasteiger partial charge on any atom is 0.326 e. The molecule has 0 aromatic carbocycles. The molecule has 1 aliphatic rings. The number of likely N-dealkylation sites (tertiary alicyclic amines) is 1. The number of unbranched alkanes of at least 4 members (excludes halogenated alkanes) is 1. The number of aliphatic carboxylic acids is 1. The lowest BCUT2D eigenvalue weighted by atomic mass is 10.1. The van der Waals surface area contributed by atoms with Crippen molar-refractivity contribution < 1.29 is 14.7 Å². The summed E-state index contributed by atoms with van der Waals surface area (Å²) < 4.78 is 0. The van der Waals surface area contributed by atoms with Gasteiger partial charge in [-0.05, 0) is 25.8 Å². The molecule has 0 saturated carbocycles. The number of nitrogens with zero attached hydrogens (tertiary/aromatic N) is 1. The van der Waals surface area contributed by atoms with E-state index in [2.05, 4.69) is 0 Å². The van der Waals surface area contributed by atoms with Crippen LogP contribution in [-0.2, 0) is 9.59 Å². The van der Waals surface area contributed by atoms with Crippen LogP contribution in [-0.4, -0.2) is 47.1 Å². The van der Waals surface area contributed by atoms with E-state index < -0.39 is 12.0 Å². The van der Waals surface area contributed by atoms with E-state index in [0.29, 0.717) is 25.9 Å². The number of carbonyl (C=O) groups is 2. The molecule has 0 aromatic rings. The van der Waals surface area contributed by atoms with E-state index in [1.807, 2.05) is 0 Å². The molecule has 0 radical (unpaired) electrons. The highest BCUT2D eigenvalue weighted by Crippen LogP contribution is 2.17. The fourth-order valence-corrected chi connectivity index (χ4v) is 1.96. The van der Waals surface area contributed by atoms with Crippen LogP contribution in [0.1, 0.15) is 25.7 Å². The van der Waals surface area contributed by atoms with Crippen molar-refractivity contribution in [2.75, 3.05) is 13.1 Å². The molecule has 1 heterocycles. The van der Waals surface area contributed by atoms with Crippen molar-refractivity contribution in [3.63, 3.8) is 0 Å². The van der Waals surface area contributed by atoms with Gasteiger partial charge >= 0.3 is 5.97 Å². The van der Waals surface area contributed by atoms with E-state index in [-0.39, 0.29) is 18.4 Å². The summed E-state index contributed by atoms with van der Waals surface area (Å²) in [5.41, 5.74) is 11.0. The highest BCUT2D eigenvalue weighted by molar-refractivity contribution is 5.85. The summed E-state index contributed by atoms with van der Waals surface area (Å²) in [6.07, 6.45) is 2.19. The monoisotopic (exact) mass is 229 g/mol. The molecular formula is C10H19N3O3. The Hall–Kier alpha value is -1.14. The predicted molar refractivity (Wildman–Crippen MR) is 58.6 cm³/mol. The lowest BCUT2D eigenvalue weighted by molar-refractivity contribution is -0.148. The minimum absolute atomic E-state index is 0.160. The van der Waals surface area contributed by atoms with Crippen LogP contribution in [0.4, 0.5) is 0 Å². The summed E-state index contributed by atoms with van der Waals surface area (Å²) >= 11 is 0. The van der Waals surface area contributed by atoms with Crippen LogP contribution < -0.4 is 11.5 Å². The van der Waals surface area contributed by atoms with Gasteiger partial charge in [0.25, 0.3) is 0 Å². The standard InChI is InChI=1S/C10H19N3O3/c11-4-2-1-3-8(10(15)16)13-6-7(12)5-9(13)14/h7-8H,1-6,11-12H2,(H,15,16). The highest BCUT2D eigenvalue weighted by Gasteiger charge is 2.35. The third-order valence-corrected chi connectivity index (χ3v) is 2.78. The number of amides is 1. The smallest absolute Gasteiger partial charge is 0.326 e. The van der Waals surface area contributed by atoms with Gasteiger partial charge in [-0.25, -0.2) is 4.79 Å². The molecular weight excluding hydrogens is 210 g/mol. The second-order valence-corrected chi connectivity index (χ2v) is 4.15. The SMILES string of the molecule is NCCCCC(C(=O)O)N1CC(N)CC1=O. The normalized spacial score (nSPS) is 22.5. The van der Waals surface area contributed by atoms with E-state index in [1.165, 1.54) is 4.90 Å². The van der Waals surface area contributed by atoms with Crippen LogP contribution in [0.25, 0.3) is 0 Å². The van der Waals surface area contributed by atoms with Crippen molar-refractivity contribution in [3.05, 3.63) is 0 Å². The lowest BCUT2D eigenvalue weighted by Crippen LogP contribution is -2.43. The minimum atomic E-state index is -0.959. The molecule has 1 saturated heterocycles. The van der Waals surface area contributed by atoms with Crippen molar-refractivity contribution in [1.82, 2.24) is 4.90 Å². The molecule has 1 rings (SSSR count). The fraction of sp³-hybridized carbons (Fsp3) is 0.800. The summed E-state index contributed by atoms with van der Waals surface area (Å²) in [4.78, 5) is 24.0.